The molecule has 3 aromatic heterocycles. The van der Waals surface area contributed by atoms with Gasteiger partial charge in [-0.3, -0.25) is 14.3 Å². The average Bonchev–Trinajstić information content (AvgIpc) is 3.44. The van der Waals surface area contributed by atoms with Gasteiger partial charge in [0, 0.05) is 30.5 Å². The van der Waals surface area contributed by atoms with Crippen molar-refractivity contribution in [3.8, 4) is 11.4 Å². The molecule has 8 heteroatoms. The number of hydrogen-bond donors (Lipinski definition) is 0. The van der Waals surface area contributed by atoms with Crippen LogP contribution >= 0.6 is 11.8 Å². The maximum Gasteiger partial charge on any atom is 0.236 e. The van der Waals surface area contributed by atoms with Crippen LogP contribution in [0.25, 0.3) is 11.4 Å². The summed E-state index contributed by atoms with van der Waals surface area (Å²) >= 11 is 1.46. The average molecular weight is 426 g/mol. The first-order valence-corrected chi connectivity index (χ1v) is 11.4. The van der Waals surface area contributed by atoms with Crippen molar-refractivity contribution < 1.29 is 9.21 Å². The number of aromatic nitrogens is 4. The summed E-state index contributed by atoms with van der Waals surface area (Å²) in [6, 6.07) is 7.97. The van der Waals surface area contributed by atoms with Crippen molar-refractivity contribution in [2.24, 2.45) is 0 Å². The van der Waals surface area contributed by atoms with Gasteiger partial charge in [0.1, 0.15) is 5.76 Å². The number of nitrogens with zero attached hydrogens (tertiary/aromatic N) is 5. The van der Waals surface area contributed by atoms with Crippen molar-refractivity contribution in [1.29, 1.82) is 0 Å². The van der Waals surface area contributed by atoms with E-state index in [0.29, 0.717) is 23.6 Å². The number of furan rings is 1. The molecule has 0 radical (unpaired) electrons. The van der Waals surface area contributed by atoms with Gasteiger partial charge in [-0.25, -0.2) is 0 Å². The van der Waals surface area contributed by atoms with Crippen LogP contribution in [0.3, 0.4) is 0 Å². The monoisotopic (exact) mass is 425 g/mol. The molecule has 1 aliphatic heterocycles. The highest BCUT2D eigenvalue weighted by Gasteiger charge is 2.30. The fourth-order valence-corrected chi connectivity index (χ4v) is 4.86. The third kappa shape index (κ3) is 4.43. The van der Waals surface area contributed by atoms with Crippen molar-refractivity contribution in [1.82, 2.24) is 24.6 Å². The zero-order valence-electron chi connectivity index (χ0n) is 17.4. The van der Waals surface area contributed by atoms with E-state index in [-0.39, 0.29) is 11.2 Å². The van der Waals surface area contributed by atoms with E-state index in [9.17, 15) is 4.79 Å². The lowest BCUT2D eigenvalue weighted by molar-refractivity contribution is -0.134. The summed E-state index contributed by atoms with van der Waals surface area (Å²) in [5.74, 6) is 1.70. The van der Waals surface area contributed by atoms with Crippen LogP contribution in [0.15, 0.2) is 52.5 Å². The van der Waals surface area contributed by atoms with E-state index in [1.165, 1.54) is 18.2 Å². The van der Waals surface area contributed by atoms with Gasteiger partial charge in [0.2, 0.25) is 5.91 Å². The summed E-state index contributed by atoms with van der Waals surface area (Å²) in [5, 5.41) is 9.29. The maximum absolute atomic E-state index is 13.2. The second-order valence-corrected chi connectivity index (χ2v) is 8.87. The fourth-order valence-electron chi connectivity index (χ4n) is 3.94. The summed E-state index contributed by atoms with van der Waals surface area (Å²) in [4.78, 5) is 19.5. The normalized spacial score (nSPS) is 17.8. The zero-order valence-corrected chi connectivity index (χ0v) is 18.2. The number of carbonyl (C=O) groups excluding carboxylic acids is 1. The number of amides is 1. The summed E-state index contributed by atoms with van der Waals surface area (Å²) in [6.45, 7) is 5.47. The molecule has 4 rings (SSSR count). The van der Waals surface area contributed by atoms with Crippen LogP contribution in [0, 0.1) is 0 Å². The van der Waals surface area contributed by atoms with E-state index in [0.717, 1.165) is 37.1 Å². The van der Waals surface area contributed by atoms with Crippen molar-refractivity contribution in [2.75, 3.05) is 6.54 Å². The first kappa shape index (κ1) is 20.7. The van der Waals surface area contributed by atoms with Gasteiger partial charge in [0.05, 0.1) is 18.1 Å². The maximum atomic E-state index is 13.2. The van der Waals surface area contributed by atoms with Crippen LogP contribution in [0.2, 0.25) is 0 Å². The fraction of sp³-hybridized carbons (Fsp3) is 0.455. The summed E-state index contributed by atoms with van der Waals surface area (Å²) < 4.78 is 7.55. The number of thioether (sulfide) groups is 1. The molecule has 1 aliphatic rings. The first-order chi connectivity index (χ1) is 14.7. The third-order valence-corrected chi connectivity index (χ3v) is 6.61. The summed E-state index contributed by atoms with van der Waals surface area (Å²) in [6.07, 6.45) is 9.54. The Morgan fingerprint density at radius 1 is 1.30 bits per heavy atom. The van der Waals surface area contributed by atoms with Gasteiger partial charge in [-0.05, 0) is 56.9 Å². The molecular formula is C22H27N5O2S. The summed E-state index contributed by atoms with van der Waals surface area (Å²) in [7, 11) is 0. The predicted molar refractivity (Wildman–Crippen MR) is 116 cm³/mol. The molecular weight excluding hydrogens is 398 g/mol. The molecule has 0 N–H and O–H groups in total. The number of rotatable bonds is 7. The number of hydrogen-bond acceptors (Lipinski definition) is 6. The molecule has 4 heterocycles. The first-order valence-electron chi connectivity index (χ1n) is 10.5. The zero-order chi connectivity index (χ0) is 20.9. The lowest BCUT2D eigenvalue weighted by Gasteiger charge is -2.36. The van der Waals surface area contributed by atoms with Gasteiger partial charge < -0.3 is 9.32 Å². The molecule has 0 bridgehead atoms. The number of carbonyl (C=O) groups is 1. The topological polar surface area (TPSA) is 77.1 Å². The van der Waals surface area contributed by atoms with Crippen LogP contribution in [0.1, 0.15) is 45.3 Å². The second kappa shape index (κ2) is 9.47. The molecule has 7 nitrogen and oxygen atoms in total. The van der Waals surface area contributed by atoms with Crippen LogP contribution < -0.4 is 0 Å². The molecule has 0 aromatic carbocycles. The Bertz CT molecular complexity index is 957. The number of pyridine rings is 1. The largest absolute Gasteiger partial charge is 0.467 e. The molecule has 158 valence electrons. The molecule has 0 aliphatic carbocycles. The minimum atomic E-state index is -0.238. The molecule has 0 saturated carbocycles. The lowest BCUT2D eigenvalue weighted by Crippen LogP contribution is -2.46. The van der Waals surface area contributed by atoms with Crippen molar-refractivity contribution >= 4 is 17.7 Å². The molecule has 1 fully saturated rings. The van der Waals surface area contributed by atoms with E-state index in [1.807, 2.05) is 35.8 Å². The molecule has 3 aromatic rings. The van der Waals surface area contributed by atoms with Crippen molar-refractivity contribution in [3.63, 3.8) is 0 Å². The molecule has 2 atom stereocenters. The Hall–Kier alpha value is -2.61. The van der Waals surface area contributed by atoms with Crippen LogP contribution in [-0.4, -0.2) is 48.4 Å². The van der Waals surface area contributed by atoms with Gasteiger partial charge in [0.15, 0.2) is 11.0 Å². The minimum absolute atomic E-state index is 0.182. The molecule has 0 spiro atoms. The number of likely N-dealkylation sites (tertiary alicyclic amines) is 1. The van der Waals surface area contributed by atoms with Gasteiger partial charge in [0.25, 0.3) is 0 Å². The Balaban J connectivity index is 1.58. The second-order valence-electron chi connectivity index (χ2n) is 7.56. The Morgan fingerprint density at radius 2 is 2.20 bits per heavy atom. The third-order valence-electron chi connectivity index (χ3n) is 5.54. The highest BCUT2D eigenvalue weighted by atomic mass is 32.2. The van der Waals surface area contributed by atoms with Crippen molar-refractivity contribution in [2.45, 2.75) is 62.5 Å². The molecule has 2 unspecified atom stereocenters. The standard InChI is InChI=1S/C22H27N5O2S/c1-3-18-9-4-5-12-26(18)21(28)16(2)30-22-25-24-20(17-8-6-11-23-14-17)27(22)15-19-10-7-13-29-19/h6-8,10-11,13-14,16,18H,3-5,9,12,15H2,1-2H3. The quantitative estimate of drug-likeness (QED) is 0.527. The SMILES string of the molecule is CCC1CCCCN1C(=O)C(C)Sc1nnc(-c2cccnc2)n1Cc1ccco1. The van der Waals surface area contributed by atoms with Crippen LogP contribution in [0.5, 0.6) is 0 Å². The van der Waals surface area contributed by atoms with Gasteiger partial charge in [-0.1, -0.05) is 18.7 Å². The molecule has 1 amide bonds. The highest BCUT2D eigenvalue weighted by molar-refractivity contribution is 8.00. The lowest BCUT2D eigenvalue weighted by atomic mass is 10.00. The van der Waals surface area contributed by atoms with Gasteiger partial charge >= 0.3 is 0 Å². The van der Waals surface area contributed by atoms with Crippen molar-refractivity contribution in [3.05, 3.63) is 48.7 Å². The van der Waals surface area contributed by atoms with Crippen LogP contribution in [0.4, 0.5) is 0 Å². The minimum Gasteiger partial charge on any atom is -0.467 e. The highest BCUT2D eigenvalue weighted by Crippen LogP contribution is 2.30. The Kier molecular flexibility index (Phi) is 6.52. The predicted octanol–water partition coefficient (Wildman–Crippen LogP) is 4.25. The molecule has 30 heavy (non-hydrogen) atoms. The van der Waals surface area contributed by atoms with Crippen LogP contribution in [-0.2, 0) is 11.3 Å². The van der Waals surface area contributed by atoms with E-state index >= 15 is 0 Å². The Labute approximate surface area is 180 Å². The Morgan fingerprint density at radius 3 is 2.93 bits per heavy atom. The van der Waals surface area contributed by atoms with Gasteiger partial charge in [-0.15, -0.1) is 10.2 Å². The number of piperidine rings is 1. The molecule has 1 saturated heterocycles. The van der Waals surface area contributed by atoms with E-state index in [1.54, 1.807) is 18.7 Å². The summed E-state index contributed by atoms with van der Waals surface area (Å²) in [5.41, 5.74) is 0.879. The smallest absolute Gasteiger partial charge is 0.236 e. The van der Waals surface area contributed by atoms with E-state index < -0.39 is 0 Å². The van der Waals surface area contributed by atoms with E-state index in [2.05, 4.69) is 27.0 Å². The van der Waals surface area contributed by atoms with E-state index in [4.69, 9.17) is 4.42 Å². The van der Waals surface area contributed by atoms with Gasteiger partial charge in [-0.2, -0.15) is 0 Å².